The lowest BCUT2D eigenvalue weighted by atomic mass is 10.1. The highest BCUT2D eigenvalue weighted by atomic mass is 35.5. The van der Waals surface area contributed by atoms with Crippen molar-refractivity contribution in [3.8, 4) is 0 Å². The first-order valence-electron chi connectivity index (χ1n) is 7.95. The smallest absolute Gasteiger partial charge is 0.339 e. The quantitative estimate of drug-likeness (QED) is 0.430. The number of morpholine rings is 1. The monoisotopic (exact) mass is 411 g/mol. The van der Waals surface area contributed by atoms with Crippen molar-refractivity contribution in [1.82, 2.24) is 4.98 Å². The summed E-state index contributed by atoms with van der Waals surface area (Å²) < 4.78 is 10.4. The van der Waals surface area contributed by atoms with E-state index in [0.717, 1.165) is 11.6 Å². The fraction of sp³-hybridized carbons (Fsp3) is 0.294. The minimum atomic E-state index is -0.687. The van der Waals surface area contributed by atoms with Crippen molar-refractivity contribution < 1.29 is 19.2 Å². The van der Waals surface area contributed by atoms with Gasteiger partial charge in [-0.25, -0.2) is 9.78 Å². The summed E-state index contributed by atoms with van der Waals surface area (Å²) in [6.07, 6.45) is 0.910. The first-order valence-corrected chi connectivity index (χ1v) is 8.70. The van der Waals surface area contributed by atoms with E-state index in [4.69, 9.17) is 27.9 Å². The van der Waals surface area contributed by atoms with Gasteiger partial charge in [-0.2, -0.15) is 0 Å². The molecule has 142 valence electrons. The van der Waals surface area contributed by atoms with Crippen molar-refractivity contribution in [3.05, 3.63) is 61.7 Å². The molecule has 1 aliphatic heterocycles. The van der Waals surface area contributed by atoms with Crippen LogP contribution in [-0.2, 0) is 9.47 Å². The maximum absolute atomic E-state index is 11.6. The number of aromatic nitrogens is 1. The van der Waals surface area contributed by atoms with E-state index < -0.39 is 10.9 Å². The number of carbonyl (C=O) groups excluding carboxylic acids is 1. The molecule has 2 aromatic rings. The van der Waals surface area contributed by atoms with E-state index in [1.165, 1.54) is 13.3 Å². The minimum absolute atomic E-state index is 0.0160. The SMILES string of the molecule is COC(=O)c1cnc(N2CCOC(c3ccc(Cl)c(Cl)c3)C2)c([N+](=O)[O-])c1. The van der Waals surface area contributed by atoms with Crippen LogP contribution in [0.1, 0.15) is 22.0 Å². The van der Waals surface area contributed by atoms with Crippen molar-refractivity contribution in [2.75, 3.05) is 31.7 Å². The Morgan fingerprint density at radius 1 is 1.37 bits per heavy atom. The lowest BCUT2D eigenvalue weighted by Gasteiger charge is -2.33. The number of esters is 1. The molecule has 2 heterocycles. The fourth-order valence-electron chi connectivity index (χ4n) is 2.81. The number of rotatable bonds is 4. The van der Waals surface area contributed by atoms with Gasteiger partial charge in [-0.05, 0) is 17.7 Å². The van der Waals surface area contributed by atoms with Crippen molar-refractivity contribution >= 4 is 40.7 Å². The van der Waals surface area contributed by atoms with Gasteiger partial charge in [-0.1, -0.05) is 29.3 Å². The molecule has 0 aliphatic carbocycles. The second-order valence-electron chi connectivity index (χ2n) is 5.79. The number of pyridine rings is 1. The molecule has 0 amide bonds. The van der Waals surface area contributed by atoms with Gasteiger partial charge in [0.05, 0.1) is 40.8 Å². The zero-order valence-corrected chi connectivity index (χ0v) is 15.7. The molecule has 27 heavy (non-hydrogen) atoms. The summed E-state index contributed by atoms with van der Waals surface area (Å²) in [5.41, 5.74) is 0.554. The second kappa shape index (κ2) is 8.08. The zero-order valence-electron chi connectivity index (χ0n) is 14.2. The summed E-state index contributed by atoms with van der Waals surface area (Å²) >= 11 is 12.0. The normalized spacial score (nSPS) is 16.9. The molecule has 1 aromatic heterocycles. The zero-order chi connectivity index (χ0) is 19.6. The highest BCUT2D eigenvalue weighted by Gasteiger charge is 2.29. The van der Waals surface area contributed by atoms with Crippen molar-refractivity contribution in [2.45, 2.75) is 6.10 Å². The number of methoxy groups -OCH3 is 1. The third-order valence-electron chi connectivity index (χ3n) is 4.15. The largest absolute Gasteiger partial charge is 0.465 e. The van der Waals surface area contributed by atoms with Gasteiger partial charge >= 0.3 is 11.7 Å². The van der Waals surface area contributed by atoms with Gasteiger partial charge < -0.3 is 14.4 Å². The van der Waals surface area contributed by atoms with Gasteiger partial charge in [-0.3, -0.25) is 10.1 Å². The standard InChI is InChI=1S/C17H15Cl2N3O5/c1-26-17(23)11-7-14(22(24)25)16(20-8-11)21-4-5-27-15(9-21)10-2-3-12(18)13(19)6-10/h2-3,6-8,15H,4-5,9H2,1H3. The third kappa shape index (κ3) is 4.13. The van der Waals surface area contributed by atoms with E-state index in [1.807, 2.05) is 0 Å². The van der Waals surface area contributed by atoms with Crippen LogP contribution < -0.4 is 4.90 Å². The number of hydrogen-bond acceptors (Lipinski definition) is 7. The van der Waals surface area contributed by atoms with E-state index in [1.54, 1.807) is 23.1 Å². The molecule has 0 radical (unpaired) electrons. The predicted molar refractivity (Wildman–Crippen MR) is 99.6 cm³/mol. The number of nitro groups is 1. The van der Waals surface area contributed by atoms with Crippen LogP contribution in [0.25, 0.3) is 0 Å². The van der Waals surface area contributed by atoms with Gasteiger partial charge in [0.15, 0.2) is 0 Å². The number of halogens is 2. The Labute approximate surface area is 164 Å². The molecule has 1 aromatic carbocycles. The molecule has 8 nitrogen and oxygen atoms in total. The van der Waals surface area contributed by atoms with Gasteiger partial charge in [0.25, 0.3) is 0 Å². The average Bonchev–Trinajstić information content (AvgIpc) is 2.69. The Kier molecular flexibility index (Phi) is 5.79. The number of ether oxygens (including phenoxy) is 2. The van der Waals surface area contributed by atoms with E-state index in [2.05, 4.69) is 9.72 Å². The van der Waals surface area contributed by atoms with Crippen LogP contribution in [0.5, 0.6) is 0 Å². The number of hydrogen-bond donors (Lipinski definition) is 0. The van der Waals surface area contributed by atoms with Crippen LogP contribution in [0.4, 0.5) is 11.5 Å². The summed E-state index contributed by atoms with van der Waals surface area (Å²) in [7, 11) is 1.20. The van der Waals surface area contributed by atoms with E-state index in [0.29, 0.717) is 29.7 Å². The average molecular weight is 412 g/mol. The maximum Gasteiger partial charge on any atom is 0.339 e. The van der Waals surface area contributed by atoms with Crippen molar-refractivity contribution in [1.29, 1.82) is 0 Å². The summed E-state index contributed by atoms with van der Waals surface area (Å²) in [5.74, 6) is -0.520. The topological polar surface area (TPSA) is 94.8 Å². The molecule has 1 fully saturated rings. The van der Waals surface area contributed by atoms with Gasteiger partial charge in [-0.15, -0.1) is 0 Å². The molecule has 3 rings (SSSR count). The molecular weight excluding hydrogens is 397 g/mol. The number of anilines is 1. The van der Waals surface area contributed by atoms with Gasteiger partial charge in [0, 0.05) is 18.8 Å². The first-order chi connectivity index (χ1) is 12.9. The van der Waals surface area contributed by atoms with Crippen LogP contribution in [0.15, 0.2) is 30.5 Å². The van der Waals surface area contributed by atoms with Gasteiger partial charge in [0.2, 0.25) is 5.82 Å². The molecule has 0 spiro atoms. The van der Waals surface area contributed by atoms with E-state index in [9.17, 15) is 14.9 Å². The summed E-state index contributed by atoms with van der Waals surface area (Å²) in [6.45, 7) is 1.11. The van der Waals surface area contributed by atoms with Crippen LogP contribution >= 0.6 is 23.2 Å². The lowest BCUT2D eigenvalue weighted by molar-refractivity contribution is -0.384. The van der Waals surface area contributed by atoms with E-state index >= 15 is 0 Å². The van der Waals surface area contributed by atoms with Crippen LogP contribution in [-0.4, -0.2) is 42.7 Å². The first kappa shape index (κ1) is 19.3. The Morgan fingerprint density at radius 2 is 2.15 bits per heavy atom. The fourth-order valence-corrected chi connectivity index (χ4v) is 3.12. The predicted octanol–water partition coefficient (Wildman–Crippen LogP) is 3.66. The Bertz CT molecular complexity index is 893. The molecule has 0 bridgehead atoms. The molecule has 1 saturated heterocycles. The molecule has 1 atom stereocenters. The molecule has 10 heteroatoms. The number of nitrogens with zero attached hydrogens (tertiary/aromatic N) is 3. The third-order valence-corrected chi connectivity index (χ3v) is 4.89. The summed E-state index contributed by atoms with van der Waals surface area (Å²) in [5, 5.41) is 12.3. The molecule has 1 aliphatic rings. The highest BCUT2D eigenvalue weighted by Crippen LogP contribution is 2.33. The molecular formula is C17H15Cl2N3O5. The molecule has 0 saturated carbocycles. The lowest BCUT2D eigenvalue weighted by Crippen LogP contribution is -2.39. The number of carbonyl (C=O) groups is 1. The van der Waals surface area contributed by atoms with Crippen LogP contribution in [0, 0.1) is 10.1 Å². The Morgan fingerprint density at radius 3 is 2.81 bits per heavy atom. The van der Waals surface area contributed by atoms with E-state index in [-0.39, 0.29) is 23.2 Å². The highest BCUT2D eigenvalue weighted by molar-refractivity contribution is 6.42. The second-order valence-corrected chi connectivity index (χ2v) is 6.61. The molecule has 1 unspecified atom stereocenters. The Hall–Kier alpha value is -2.42. The maximum atomic E-state index is 11.6. The minimum Gasteiger partial charge on any atom is -0.465 e. The van der Waals surface area contributed by atoms with Crippen molar-refractivity contribution in [2.24, 2.45) is 0 Å². The van der Waals surface area contributed by atoms with Crippen LogP contribution in [0.3, 0.4) is 0 Å². The summed E-state index contributed by atoms with van der Waals surface area (Å²) in [6, 6.07) is 6.34. The van der Waals surface area contributed by atoms with Crippen molar-refractivity contribution in [3.63, 3.8) is 0 Å². The summed E-state index contributed by atoms with van der Waals surface area (Å²) in [4.78, 5) is 28.4. The van der Waals surface area contributed by atoms with Crippen LogP contribution in [0.2, 0.25) is 10.0 Å². The molecule has 0 N–H and O–H groups in total. The van der Waals surface area contributed by atoms with Gasteiger partial charge in [0.1, 0.15) is 6.10 Å². The number of benzene rings is 1. The Balaban J connectivity index is 1.90.